The average molecular weight is 112 g/mol. The summed E-state index contributed by atoms with van der Waals surface area (Å²) >= 11 is 0. The van der Waals surface area contributed by atoms with Gasteiger partial charge in [0.1, 0.15) is 0 Å². The Morgan fingerprint density at radius 1 is 1.38 bits per heavy atom. The van der Waals surface area contributed by atoms with Crippen molar-refractivity contribution in [2.24, 2.45) is 0 Å². The molecule has 0 amide bonds. The van der Waals surface area contributed by atoms with Crippen LogP contribution >= 0.6 is 0 Å². The lowest BCUT2D eigenvalue weighted by atomic mass is 10.8. The first-order valence-corrected chi connectivity index (χ1v) is 2.19. The van der Waals surface area contributed by atoms with Crippen LogP contribution < -0.4 is 0 Å². The van der Waals surface area contributed by atoms with Crippen LogP contribution in [0.15, 0.2) is 44.7 Å². The molecule has 0 aromatic heterocycles. The number of allylic oxidation sites excluding steroid dienone is 1. The summed E-state index contributed by atoms with van der Waals surface area (Å²) in [5.74, 6) is 0. The predicted octanol–water partition coefficient (Wildman–Crippen LogP) is 3.20. The van der Waals surface area contributed by atoms with E-state index in [9.17, 15) is 0 Å². The molecular weight excluding hydrogens is 96.1 g/mol. The summed E-state index contributed by atoms with van der Waals surface area (Å²) in [6.45, 7) is 17.5. The van der Waals surface area contributed by atoms with Crippen molar-refractivity contribution < 1.29 is 1.43 Å². The second kappa shape index (κ2) is 150. The molecule has 0 heteroatoms. The van der Waals surface area contributed by atoms with Gasteiger partial charge in [0.05, 0.1) is 0 Å². The highest BCUT2D eigenvalue weighted by molar-refractivity contribution is 4.52. The highest BCUT2D eigenvalue weighted by Crippen LogP contribution is 1.38. The molecule has 0 saturated heterocycles. The number of hydrogen-bond acceptors (Lipinski definition) is 0. The van der Waals surface area contributed by atoms with E-state index in [-0.39, 0.29) is 1.43 Å². The topological polar surface area (TPSA) is 0 Å². The molecule has 0 aliphatic heterocycles. The van der Waals surface area contributed by atoms with Crippen LogP contribution in [0, 0.1) is 0 Å². The lowest BCUT2D eigenvalue weighted by molar-refractivity contribution is 1.80. The van der Waals surface area contributed by atoms with Gasteiger partial charge in [-0.15, -0.1) is 25.5 Å². The quantitative estimate of drug-likeness (QED) is 0.333. The molecule has 0 aromatic carbocycles. The molecule has 0 rings (SSSR count). The zero-order valence-electron chi connectivity index (χ0n) is 5.61. The zero-order valence-corrected chi connectivity index (χ0v) is 5.61. The minimum Gasteiger partial charge on any atom is -0.137 e. The molecule has 0 aromatic rings. The summed E-state index contributed by atoms with van der Waals surface area (Å²) in [5.41, 5.74) is 2.25. The van der Waals surface area contributed by atoms with Crippen molar-refractivity contribution >= 4 is 0 Å². The van der Waals surface area contributed by atoms with Gasteiger partial charge < -0.3 is 0 Å². The maximum Gasteiger partial charge on any atom is 0 e. The minimum atomic E-state index is 0. The molecule has 0 N–H and O–H groups in total. The second-order valence-electron chi connectivity index (χ2n) is 0.658. The molecule has 0 spiro atoms. The molecular formula is C8H16. The molecule has 0 atom stereocenters. The summed E-state index contributed by atoms with van der Waals surface area (Å²) in [6.07, 6.45) is 1.75. The van der Waals surface area contributed by atoms with E-state index < -0.39 is 0 Å². The average Bonchev–Trinajstić information content (AvgIpc) is 1.75. The summed E-state index contributed by atoms with van der Waals surface area (Å²) in [5, 5.41) is 0. The van der Waals surface area contributed by atoms with E-state index >= 15 is 0 Å². The van der Waals surface area contributed by atoms with Gasteiger partial charge in [0.2, 0.25) is 0 Å². The largest absolute Gasteiger partial charge is 0.137 e. The first kappa shape index (κ1) is 15.8. The lowest BCUT2D eigenvalue weighted by Gasteiger charge is -1.31. The third kappa shape index (κ3) is 80.0. The second-order valence-corrected chi connectivity index (χ2v) is 0.658. The van der Waals surface area contributed by atoms with Gasteiger partial charge in [0, 0.05) is 1.43 Å². The van der Waals surface area contributed by atoms with Crippen LogP contribution in [0.5, 0.6) is 0 Å². The number of rotatable bonds is 0. The third-order valence-corrected chi connectivity index (χ3v) is 0. The van der Waals surface area contributed by atoms with E-state index in [0.717, 1.165) is 0 Å². The van der Waals surface area contributed by atoms with Crippen LogP contribution in [0.1, 0.15) is 8.35 Å². The molecule has 48 valence electrons. The van der Waals surface area contributed by atoms with Gasteiger partial charge in [-0.3, -0.25) is 0 Å². The van der Waals surface area contributed by atoms with Crippen LogP contribution in [-0.4, -0.2) is 0 Å². The molecule has 0 saturated carbocycles. The van der Waals surface area contributed by atoms with E-state index in [1.165, 1.54) is 0 Å². The standard InChI is InChI=1S/C3H6.C3H4.C2H4.H2/c2*1-3-2;1-2;/h3H,1H2,2H3;1-2H2;1-2H2;1H. The van der Waals surface area contributed by atoms with Crippen LogP contribution in [-0.2, 0) is 0 Å². The maximum absolute atomic E-state index is 3.36. The van der Waals surface area contributed by atoms with Crippen molar-refractivity contribution in [2.75, 3.05) is 0 Å². The Balaban J connectivity index is -0.0000000202. The summed E-state index contributed by atoms with van der Waals surface area (Å²) in [6, 6.07) is 0. The lowest BCUT2D eigenvalue weighted by Crippen LogP contribution is -1.07. The first-order valence-electron chi connectivity index (χ1n) is 2.19. The molecule has 0 heterocycles. The molecule has 0 unspecified atom stereocenters. The van der Waals surface area contributed by atoms with Gasteiger partial charge in [-0.25, -0.2) is 0 Å². The van der Waals surface area contributed by atoms with Crippen molar-refractivity contribution in [1.29, 1.82) is 0 Å². The monoisotopic (exact) mass is 112 g/mol. The molecule has 0 aliphatic rings. The smallest absolute Gasteiger partial charge is 0 e. The van der Waals surface area contributed by atoms with Crippen molar-refractivity contribution in [2.45, 2.75) is 6.92 Å². The van der Waals surface area contributed by atoms with E-state index in [1.807, 2.05) is 6.92 Å². The Kier molecular flexibility index (Phi) is 295. The van der Waals surface area contributed by atoms with E-state index in [4.69, 9.17) is 0 Å². The fourth-order valence-corrected chi connectivity index (χ4v) is 0. The van der Waals surface area contributed by atoms with E-state index in [0.29, 0.717) is 0 Å². The van der Waals surface area contributed by atoms with Gasteiger partial charge in [0.25, 0.3) is 0 Å². The van der Waals surface area contributed by atoms with Crippen LogP contribution in [0.2, 0.25) is 0 Å². The Bertz CT molecular complexity index is 59.0. The first-order chi connectivity index (χ1) is 3.83. The van der Waals surface area contributed by atoms with E-state index in [1.54, 1.807) is 6.08 Å². The summed E-state index contributed by atoms with van der Waals surface area (Å²) in [4.78, 5) is 0. The molecule has 0 fully saturated rings. The van der Waals surface area contributed by atoms with Crippen molar-refractivity contribution in [1.82, 2.24) is 0 Å². The van der Waals surface area contributed by atoms with Crippen molar-refractivity contribution in [3.8, 4) is 0 Å². The van der Waals surface area contributed by atoms with Crippen molar-refractivity contribution in [3.63, 3.8) is 0 Å². The molecule has 0 aliphatic carbocycles. The highest BCUT2D eigenvalue weighted by atomic mass is 13.2. The predicted molar refractivity (Wildman–Crippen MR) is 44.0 cm³/mol. The van der Waals surface area contributed by atoms with Crippen molar-refractivity contribution in [3.05, 3.63) is 44.7 Å². The SMILES string of the molecule is C=C.C=C=C.C=CC.[HH]. The molecule has 0 bridgehead atoms. The molecule has 0 radical (unpaired) electrons. The van der Waals surface area contributed by atoms with Gasteiger partial charge >= 0.3 is 0 Å². The van der Waals surface area contributed by atoms with E-state index in [2.05, 4.69) is 38.6 Å². The van der Waals surface area contributed by atoms with Crippen LogP contribution in [0.3, 0.4) is 0 Å². The summed E-state index contributed by atoms with van der Waals surface area (Å²) in [7, 11) is 0. The normalized spacial score (nSPS) is 3.12. The number of hydrogen-bond donors (Lipinski definition) is 0. The maximum atomic E-state index is 3.36. The van der Waals surface area contributed by atoms with Gasteiger partial charge in [-0.2, -0.15) is 0 Å². The van der Waals surface area contributed by atoms with Crippen LogP contribution in [0.4, 0.5) is 0 Å². The van der Waals surface area contributed by atoms with Gasteiger partial charge in [-0.05, 0) is 6.92 Å². The summed E-state index contributed by atoms with van der Waals surface area (Å²) < 4.78 is 0. The Labute approximate surface area is 54.0 Å². The molecule has 8 heavy (non-hydrogen) atoms. The van der Waals surface area contributed by atoms with Gasteiger partial charge in [-0.1, -0.05) is 19.2 Å². The fourth-order valence-electron chi connectivity index (χ4n) is 0. The third-order valence-electron chi connectivity index (χ3n) is 0. The Morgan fingerprint density at radius 3 is 1.38 bits per heavy atom. The molecule has 0 nitrogen and oxygen atoms in total. The fraction of sp³-hybridized carbons (Fsp3) is 0.125. The van der Waals surface area contributed by atoms with Gasteiger partial charge in [0.15, 0.2) is 0 Å². The Morgan fingerprint density at radius 2 is 1.38 bits per heavy atom. The highest BCUT2D eigenvalue weighted by Gasteiger charge is 1.15. The van der Waals surface area contributed by atoms with Crippen LogP contribution in [0.25, 0.3) is 0 Å². The minimum absolute atomic E-state index is 0. The zero-order chi connectivity index (χ0) is 7.41. The Hall–Kier alpha value is -1.00.